The Morgan fingerprint density at radius 3 is 2.12 bits per heavy atom. The van der Waals surface area contributed by atoms with Gasteiger partial charge in [0.05, 0.1) is 11.9 Å². The third-order valence-corrected chi connectivity index (χ3v) is 6.77. The van der Waals surface area contributed by atoms with E-state index in [-0.39, 0.29) is 24.6 Å². The second-order valence-corrected chi connectivity index (χ2v) is 10.0. The molecule has 0 aromatic heterocycles. The minimum absolute atomic E-state index is 0.103. The molecular formula is C22H26Cl2FN3O4S. The van der Waals surface area contributed by atoms with Gasteiger partial charge in [-0.25, -0.2) is 12.8 Å². The summed E-state index contributed by atoms with van der Waals surface area (Å²) in [6, 6.07) is 8.71. The lowest BCUT2D eigenvalue weighted by molar-refractivity contribution is -0.140. The van der Waals surface area contributed by atoms with E-state index < -0.39 is 34.3 Å². The van der Waals surface area contributed by atoms with Crippen LogP contribution in [0.5, 0.6) is 0 Å². The standard InChI is InChI=1S/C22H26Cl2FN3O4S/c1-4-20(22(30)26-5-2)27(13-17-18(23)7-6-8-19(17)24)21(29)14-28(33(3,31)32)16-11-9-15(25)10-12-16/h6-12,20H,4-5,13-14H2,1-3H3,(H,26,30)/t20-/m0/s1. The number of rotatable bonds is 10. The summed E-state index contributed by atoms with van der Waals surface area (Å²) in [5.41, 5.74) is 0.554. The number of carbonyl (C=O) groups excluding carboxylic acids is 2. The van der Waals surface area contributed by atoms with Crippen LogP contribution in [0.15, 0.2) is 42.5 Å². The molecule has 1 atom stereocenters. The van der Waals surface area contributed by atoms with Crippen molar-refractivity contribution in [3.63, 3.8) is 0 Å². The van der Waals surface area contributed by atoms with Crippen LogP contribution in [-0.2, 0) is 26.2 Å². The zero-order valence-corrected chi connectivity index (χ0v) is 20.8. The molecule has 0 aliphatic rings. The SMILES string of the molecule is CCNC(=O)[C@H](CC)N(Cc1c(Cl)cccc1Cl)C(=O)CN(c1ccc(F)cc1)S(C)(=O)=O. The fraction of sp³-hybridized carbons (Fsp3) is 0.364. The number of benzene rings is 2. The molecule has 2 aromatic carbocycles. The van der Waals surface area contributed by atoms with E-state index >= 15 is 0 Å². The first-order valence-corrected chi connectivity index (χ1v) is 12.8. The van der Waals surface area contributed by atoms with Crippen LogP contribution in [0.4, 0.5) is 10.1 Å². The maximum absolute atomic E-state index is 13.5. The first-order chi connectivity index (χ1) is 15.5. The van der Waals surface area contributed by atoms with Crippen molar-refractivity contribution < 1.29 is 22.4 Å². The van der Waals surface area contributed by atoms with Gasteiger partial charge < -0.3 is 10.2 Å². The Bertz CT molecular complexity index is 1080. The average molecular weight is 518 g/mol. The largest absolute Gasteiger partial charge is 0.355 e. The van der Waals surface area contributed by atoms with Gasteiger partial charge in [0.1, 0.15) is 18.4 Å². The molecule has 0 bridgehead atoms. The van der Waals surface area contributed by atoms with Crippen LogP contribution < -0.4 is 9.62 Å². The maximum Gasteiger partial charge on any atom is 0.244 e. The lowest BCUT2D eigenvalue weighted by Gasteiger charge is -2.33. The molecule has 0 saturated heterocycles. The van der Waals surface area contributed by atoms with Crippen LogP contribution in [0.25, 0.3) is 0 Å². The van der Waals surface area contributed by atoms with E-state index in [9.17, 15) is 22.4 Å². The van der Waals surface area contributed by atoms with Crippen molar-refractivity contribution in [3.8, 4) is 0 Å². The van der Waals surface area contributed by atoms with Crippen molar-refractivity contribution in [3.05, 3.63) is 63.9 Å². The summed E-state index contributed by atoms with van der Waals surface area (Å²) < 4.78 is 39.1. The molecule has 0 aliphatic carbocycles. The van der Waals surface area contributed by atoms with Gasteiger partial charge in [0.25, 0.3) is 0 Å². The lowest BCUT2D eigenvalue weighted by atomic mass is 10.1. The average Bonchev–Trinajstić information content (AvgIpc) is 2.74. The summed E-state index contributed by atoms with van der Waals surface area (Å²) in [5, 5.41) is 3.32. The molecule has 180 valence electrons. The van der Waals surface area contributed by atoms with Crippen molar-refractivity contribution in [2.75, 3.05) is 23.7 Å². The van der Waals surface area contributed by atoms with Crippen molar-refractivity contribution >= 4 is 50.7 Å². The molecule has 33 heavy (non-hydrogen) atoms. The molecular weight excluding hydrogens is 492 g/mol. The summed E-state index contributed by atoms with van der Waals surface area (Å²) in [6.07, 6.45) is 1.22. The van der Waals surface area contributed by atoms with Crippen molar-refractivity contribution in [2.24, 2.45) is 0 Å². The minimum Gasteiger partial charge on any atom is -0.355 e. The molecule has 0 aliphatic heterocycles. The summed E-state index contributed by atoms with van der Waals surface area (Å²) in [4.78, 5) is 27.4. The highest BCUT2D eigenvalue weighted by molar-refractivity contribution is 7.92. The molecule has 0 saturated carbocycles. The Morgan fingerprint density at radius 1 is 1.06 bits per heavy atom. The van der Waals surface area contributed by atoms with Gasteiger partial charge in [0, 0.05) is 28.7 Å². The van der Waals surface area contributed by atoms with Gasteiger partial charge in [-0.05, 0) is 49.7 Å². The van der Waals surface area contributed by atoms with Gasteiger partial charge in [0.15, 0.2) is 0 Å². The van der Waals surface area contributed by atoms with Crippen LogP contribution in [0.1, 0.15) is 25.8 Å². The Balaban J connectivity index is 2.48. The smallest absolute Gasteiger partial charge is 0.244 e. The second-order valence-electron chi connectivity index (χ2n) is 7.29. The van der Waals surface area contributed by atoms with Gasteiger partial charge >= 0.3 is 0 Å². The number of nitrogens with zero attached hydrogens (tertiary/aromatic N) is 2. The molecule has 11 heteroatoms. The predicted octanol–water partition coefficient (Wildman–Crippen LogP) is 3.84. The van der Waals surface area contributed by atoms with E-state index in [0.29, 0.717) is 22.2 Å². The number of carbonyl (C=O) groups is 2. The number of hydrogen-bond acceptors (Lipinski definition) is 4. The molecule has 0 radical (unpaired) electrons. The van der Waals surface area contributed by atoms with Crippen molar-refractivity contribution in [1.29, 1.82) is 0 Å². The number of sulfonamides is 1. The van der Waals surface area contributed by atoms with E-state index in [2.05, 4.69) is 5.32 Å². The number of halogens is 3. The lowest BCUT2D eigenvalue weighted by Crippen LogP contribution is -2.52. The number of amides is 2. The zero-order valence-electron chi connectivity index (χ0n) is 18.5. The second kappa shape index (κ2) is 11.7. The molecule has 0 fully saturated rings. The predicted molar refractivity (Wildman–Crippen MR) is 128 cm³/mol. The van der Waals surface area contributed by atoms with Gasteiger partial charge in [-0.15, -0.1) is 0 Å². The van der Waals surface area contributed by atoms with Gasteiger partial charge in [-0.2, -0.15) is 0 Å². The Labute approximate surface area is 203 Å². The molecule has 0 unspecified atom stereocenters. The highest BCUT2D eigenvalue weighted by Gasteiger charge is 2.32. The number of hydrogen-bond donors (Lipinski definition) is 1. The van der Waals surface area contributed by atoms with Crippen molar-refractivity contribution in [2.45, 2.75) is 32.9 Å². The van der Waals surface area contributed by atoms with Crippen LogP contribution in [-0.4, -0.2) is 50.5 Å². The summed E-state index contributed by atoms with van der Waals surface area (Å²) in [6.45, 7) is 3.15. The molecule has 2 rings (SSSR count). The highest BCUT2D eigenvalue weighted by atomic mass is 35.5. The Morgan fingerprint density at radius 2 is 1.64 bits per heavy atom. The zero-order chi connectivity index (χ0) is 24.8. The number of likely N-dealkylation sites (N-methyl/N-ethyl adjacent to an activating group) is 1. The van der Waals surface area contributed by atoms with Crippen LogP contribution in [0, 0.1) is 5.82 Å². The van der Waals surface area contributed by atoms with Gasteiger partial charge in [-0.1, -0.05) is 36.2 Å². The maximum atomic E-state index is 13.5. The number of nitrogens with one attached hydrogen (secondary N) is 1. The van der Waals surface area contributed by atoms with Crippen LogP contribution >= 0.6 is 23.2 Å². The van der Waals surface area contributed by atoms with E-state index in [1.54, 1.807) is 32.0 Å². The monoisotopic (exact) mass is 517 g/mol. The molecule has 2 aromatic rings. The quantitative estimate of drug-likeness (QED) is 0.518. The van der Waals surface area contributed by atoms with Gasteiger partial charge in [0.2, 0.25) is 21.8 Å². The summed E-state index contributed by atoms with van der Waals surface area (Å²) >= 11 is 12.6. The van der Waals surface area contributed by atoms with E-state index in [0.717, 1.165) is 22.7 Å². The minimum atomic E-state index is -3.90. The topological polar surface area (TPSA) is 86.8 Å². The third kappa shape index (κ3) is 7.06. The first-order valence-electron chi connectivity index (χ1n) is 10.2. The Kier molecular flexibility index (Phi) is 9.51. The highest BCUT2D eigenvalue weighted by Crippen LogP contribution is 2.27. The van der Waals surface area contributed by atoms with E-state index in [1.165, 1.54) is 17.0 Å². The van der Waals surface area contributed by atoms with E-state index in [4.69, 9.17) is 23.2 Å². The van der Waals surface area contributed by atoms with Gasteiger partial charge in [-0.3, -0.25) is 13.9 Å². The van der Waals surface area contributed by atoms with Crippen LogP contribution in [0.3, 0.4) is 0 Å². The number of anilines is 1. The molecule has 7 nitrogen and oxygen atoms in total. The first kappa shape index (κ1) is 26.9. The molecule has 2 amide bonds. The summed E-state index contributed by atoms with van der Waals surface area (Å²) in [5.74, 6) is -1.57. The fourth-order valence-electron chi connectivity index (χ4n) is 3.29. The Hall–Kier alpha value is -2.36. The normalized spacial score (nSPS) is 12.2. The molecule has 0 heterocycles. The van der Waals surface area contributed by atoms with Crippen LogP contribution in [0.2, 0.25) is 10.0 Å². The third-order valence-electron chi connectivity index (χ3n) is 4.92. The fourth-order valence-corrected chi connectivity index (χ4v) is 4.65. The summed E-state index contributed by atoms with van der Waals surface area (Å²) in [7, 11) is -3.90. The molecule has 1 N–H and O–H groups in total. The molecule has 0 spiro atoms. The van der Waals surface area contributed by atoms with Crippen molar-refractivity contribution in [1.82, 2.24) is 10.2 Å². The van der Waals surface area contributed by atoms with E-state index in [1.807, 2.05) is 0 Å².